The molecule has 0 radical (unpaired) electrons. The van der Waals surface area contributed by atoms with Gasteiger partial charge in [0, 0.05) is 11.1 Å². The zero-order chi connectivity index (χ0) is 15.4. The lowest BCUT2D eigenvalue weighted by Crippen LogP contribution is -3.00. The van der Waals surface area contributed by atoms with E-state index < -0.39 is 0 Å². The van der Waals surface area contributed by atoms with E-state index >= 15 is 0 Å². The van der Waals surface area contributed by atoms with E-state index in [0.717, 1.165) is 11.7 Å². The van der Waals surface area contributed by atoms with Crippen molar-refractivity contribution in [2.24, 2.45) is 5.92 Å². The molecular formula is C21H24BrNO. The zero-order valence-corrected chi connectivity index (χ0v) is 15.8. The lowest BCUT2D eigenvalue weighted by atomic mass is 9.82. The number of halogens is 1. The van der Waals surface area contributed by atoms with Crippen LogP contribution in [0.1, 0.15) is 36.4 Å². The molecule has 3 heteroatoms. The second-order valence-corrected chi connectivity index (χ2v) is 7.56. The van der Waals surface area contributed by atoms with Crippen LogP contribution in [0.15, 0.2) is 42.5 Å². The first-order valence-corrected chi connectivity index (χ1v) is 8.94. The fourth-order valence-corrected chi connectivity index (χ4v) is 5.35. The van der Waals surface area contributed by atoms with Crippen LogP contribution in [0.3, 0.4) is 0 Å². The zero-order valence-electron chi connectivity index (χ0n) is 14.2. The van der Waals surface area contributed by atoms with Gasteiger partial charge in [-0.05, 0) is 48.4 Å². The molecule has 0 saturated carbocycles. The van der Waals surface area contributed by atoms with Gasteiger partial charge in [-0.3, -0.25) is 0 Å². The molecule has 0 spiro atoms. The van der Waals surface area contributed by atoms with Crippen LogP contribution in [0.4, 0.5) is 0 Å². The standard InChI is InChI=1S/C21H24NO.BrH/c1-23-16-6-7-18-17-4-2-3-5-19(17)21(20(18)14-16)22-11-8-15(9-12-22)10-13-22;/h2-7,14-15,21H,8-13H2,1H3;1H/q+1;/p-1. The Morgan fingerprint density at radius 3 is 2.25 bits per heavy atom. The molecule has 3 saturated heterocycles. The highest BCUT2D eigenvalue weighted by Crippen LogP contribution is 2.53. The van der Waals surface area contributed by atoms with E-state index in [1.165, 1.54) is 65.6 Å². The van der Waals surface area contributed by atoms with Crippen LogP contribution in [-0.4, -0.2) is 31.2 Å². The summed E-state index contributed by atoms with van der Waals surface area (Å²) in [7, 11) is 1.78. The molecule has 2 aromatic carbocycles. The largest absolute Gasteiger partial charge is 1.00 e. The van der Waals surface area contributed by atoms with Gasteiger partial charge in [-0.1, -0.05) is 30.3 Å². The maximum atomic E-state index is 5.54. The molecule has 2 nitrogen and oxygen atoms in total. The van der Waals surface area contributed by atoms with E-state index in [2.05, 4.69) is 42.5 Å². The molecule has 1 unspecified atom stereocenters. The lowest BCUT2D eigenvalue weighted by molar-refractivity contribution is -0.965. The molecule has 24 heavy (non-hydrogen) atoms. The van der Waals surface area contributed by atoms with Gasteiger partial charge in [0.15, 0.2) is 0 Å². The Bertz CT molecular complexity index is 750. The third-order valence-electron chi connectivity index (χ3n) is 6.59. The fraction of sp³-hybridized carbons (Fsp3) is 0.429. The molecule has 2 aromatic rings. The summed E-state index contributed by atoms with van der Waals surface area (Å²) in [6.45, 7) is 4.04. The minimum absolute atomic E-state index is 0. The number of hydrogen-bond acceptors (Lipinski definition) is 1. The van der Waals surface area contributed by atoms with Gasteiger partial charge in [0.25, 0.3) is 0 Å². The van der Waals surface area contributed by atoms with Crippen molar-refractivity contribution in [3.8, 4) is 16.9 Å². The Hall–Kier alpha value is -1.32. The minimum Gasteiger partial charge on any atom is -1.00 e. The lowest BCUT2D eigenvalue weighted by Gasteiger charge is -2.53. The van der Waals surface area contributed by atoms with Gasteiger partial charge in [-0.15, -0.1) is 0 Å². The number of benzene rings is 2. The molecule has 3 fully saturated rings. The molecule has 0 N–H and O–H groups in total. The molecule has 6 rings (SSSR count). The number of hydrogen-bond donors (Lipinski definition) is 0. The fourth-order valence-electron chi connectivity index (χ4n) is 5.35. The molecule has 3 heterocycles. The Kier molecular flexibility index (Phi) is 3.97. The predicted octanol–water partition coefficient (Wildman–Crippen LogP) is 1.40. The van der Waals surface area contributed by atoms with E-state index in [-0.39, 0.29) is 17.0 Å². The Morgan fingerprint density at radius 2 is 1.54 bits per heavy atom. The predicted molar refractivity (Wildman–Crippen MR) is 92.5 cm³/mol. The monoisotopic (exact) mass is 385 g/mol. The maximum Gasteiger partial charge on any atom is 0.142 e. The number of nitrogens with zero attached hydrogens (tertiary/aromatic N) is 1. The van der Waals surface area contributed by atoms with Crippen molar-refractivity contribution in [1.82, 2.24) is 0 Å². The highest BCUT2D eigenvalue weighted by Gasteiger charge is 2.49. The van der Waals surface area contributed by atoms with Gasteiger partial charge in [-0.25, -0.2) is 0 Å². The molecule has 2 bridgehead atoms. The summed E-state index contributed by atoms with van der Waals surface area (Å²) in [5.74, 6) is 1.99. The van der Waals surface area contributed by atoms with E-state index in [1.807, 2.05) is 0 Å². The first-order chi connectivity index (χ1) is 11.3. The second kappa shape index (κ2) is 5.89. The Morgan fingerprint density at radius 1 is 0.875 bits per heavy atom. The van der Waals surface area contributed by atoms with Crippen molar-refractivity contribution in [3.63, 3.8) is 0 Å². The van der Waals surface area contributed by atoms with Gasteiger partial charge in [0.05, 0.1) is 26.7 Å². The van der Waals surface area contributed by atoms with Crippen molar-refractivity contribution < 1.29 is 26.2 Å². The van der Waals surface area contributed by atoms with Crippen LogP contribution in [0.2, 0.25) is 0 Å². The normalized spacial score (nSPS) is 29.5. The van der Waals surface area contributed by atoms with E-state index in [0.29, 0.717) is 6.04 Å². The summed E-state index contributed by atoms with van der Waals surface area (Å²) < 4.78 is 6.81. The average molecular weight is 386 g/mol. The van der Waals surface area contributed by atoms with Crippen LogP contribution < -0.4 is 21.7 Å². The summed E-state index contributed by atoms with van der Waals surface area (Å²) in [5.41, 5.74) is 5.89. The van der Waals surface area contributed by atoms with Crippen molar-refractivity contribution in [1.29, 1.82) is 0 Å². The number of quaternary nitrogens is 1. The molecule has 3 aliphatic heterocycles. The van der Waals surface area contributed by atoms with Crippen LogP contribution in [0, 0.1) is 5.92 Å². The third-order valence-corrected chi connectivity index (χ3v) is 6.59. The first kappa shape index (κ1) is 16.2. The molecule has 126 valence electrons. The number of methoxy groups -OCH3 is 1. The first-order valence-electron chi connectivity index (χ1n) is 8.94. The van der Waals surface area contributed by atoms with Gasteiger partial charge in [0.2, 0.25) is 0 Å². The summed E-state index contributed by atoms with van der Waals surface area (Å²) in [6.07, 6.45) is 4.24. The van der Waals surface area contributed by atoms with Crippen molar-refractivity contribution >= 4 is 0 Å². The van der Waals surface area contributed by atoms with Gasteiger partial charge in [0.1, 0.15) is 11.8 Å². The SMILES string of the molecule is COc1ccc2c(c1)C([N+]13CCC(CC1)CC3)c1ccccc1-2.[Br-]. The van der Waals surface area contributed by atoms with Crippen molar-refractivity contribution in [2.45, 2.75) is 25.3 Å². The third kappa shape index (κ3) is 2.18. The maximum absolute atomic E-state index is 5.54. The van der Waals surface area contributed by atoms with Crippen LogP contribution in [-0.2, 0) is 0 Å². The van der Waals surface area contributed by atoms with Crippen molar-refractivity contribution in [3.05, 3.63) is 53.6 Å². The van der Waals surface area contributed by atoms with E-state index in [1.54, 1.807) is 7.11 Å². The Labute approximate surface area is 154 Å². The number of rotatable bonds is 2. The molecule has 0 aromatic heterocycles. The van der Waals surface area contributed by atoms with E-state index in [9.17, 15) is 0 Å². The second-order valence-electron chi connectivity index (χ2n) is 7.56. The summed E-state index contributed by atoms with van der Waals surface area (Å²) in [5, 5.41) is 0. The van der Waals surface area contributed by atoms with Gasteiger partial charge >= 0.3 is 0 Å². The molecule has 1 aliphatic carbocycles. The smallest absolute Gasteiger partial charge is 0.142 e. The quantitative estimate of drug-likeness (QED) is 0.710. The summed E-state index contributed by atoms with van der Waals surface area (Å²) in [6, 6.07) is 16.2. The van der Waals surface area contributed by atoms with Crippen LogP contribution in [0.5, 0.6) is 5.75 Å². The number of fused-ring (bicyclic) bond motifs is 6. The molecule has 0 amide bonds. The summed E-state index contributed by atoms with van der Waals surface area (Å²) >= 11 is 0. The summed E-state index contributed by atoms with van der Waals surface area (Å²) in [4.78, 5) is 0. The molecule has 1 atom stereocenters. The highest BCUT2D eigenvalue weighted by molar-refractivity contribution is 5.78. The number of ether oxygens (including phenoxy) is 1. The van der Waals surface area contributed by atoms with Gasteiger partial charge < -0.3 is 26.2 Å². The molecule has 4 aliphatic rings. The average Bonchev–Trinajstić information content (AvgIpc) is 2.97. The van der Waals surface area contributed by atoms with Gasteiger partial charge in [-0.2, -0.15) is 0 Å². The molecular weight excluding hydrogens is 362 g/mol. The topological polar surface area (TPSA) is 9.23 Å². The Balaban J connectivity index is 0.00000146. The minimum atomic E-state index is 0. The van der Waals surface area contributed by atoms with E-state index in [4.69, 9.17) is 4.74 Å². The van der Waals surface area contributed by atoms with Crippen LogP contribution in [0.25, 0.3) is 11.1 Å². The highest BCUT2D eigenvalue weighted by atomic mass is 79.9. The van der Waals surface area contributed by atoms with Crippen molar-refractivity contribution in [2.75, 3.05) is 26.7 Å². The van der Waals surface area contributed by atoms with Crippen LogP contribution >= 0.6 is 0 Å². The number of piperidine rings is 3.